The highest BCUT2D eigenvalue weighted by atomic mass is 35.5. The van der Waals surface area contributed by atoms with E-state index in [2.05, 4.69) is 9.97 Å². The fourth-order valence-corrected chi connectivity index (χ4v) is 1.83. The molecule has 1 heterocycles. The van der Waals surface area contributed by atoms with Crippen LogP contribution in [-0.4, -0.2) is 35.1 Å². The van der Waals surface area contributed by atoms with Crippen LogP contribution in [0.2, 0.25) is 10.0 Å². The van der Waals surface area contributed by atoms with Gasteiger partial charge in [-0.2, -0.15) is 0 Å². The van der Waals surface area contributed by atoms with Gasteiger partial charge in [-0.15, -0.1) is 0 Å². The Bertz CT molecular complexity index is 649. The van der Waals surface area contributed by atoms with Gasteiger partial charge in [0.05, 0.1) is 22.8 Å². The third-order valence-electron chi connectivity index (χ3n) is 2.66. The number of carbonyl (C=O) groups is 1. The van der Waals surface area contributed by atoms with Gasteiger partial charge in [-0.1, -0.05) is 29.3 Å². The van der Waals surface area contributed by atoms with Crippen LogP contribution in [0.4, 0.5) is 0 Å². The van der Waals surface area contributed by atoms with Crippen molar-refractivity contribution in [1.82, 2.24) is 15.0 Å². The van der Waals surface area contributed by atoms with Crippen molar-refractivity contribution >= 4 is 29.1 Å². The summed E-state index contributed by atoms with van der Waals surface area (Å²) in [7, 11) is 2.91. The number of halogens is 2. The molecule has 0 N–H and O–H groups in total. The fourth-order valence-electron chi connectivity index (χ4n) is 1.53. The van der Waals surface area contributed by atoms with Gasteiger partial charge in [-0.3, -0.25) is 9.63 Å². The lowest BCUT2D eigenvalue weighted by Crippen LogP contribution is -2.26. The summed E-state index contributed by atoms with van der Waals surface area (Å²) in [5.74, 6) is -0.365. The van der Waals surface area contributed by atoms with Crippen molar-refractivity contribution in [3.63, 3.8) is 0 Å². The zero-order valence-electron chi connectivity index (χ0n) is 10.8. The summed E-state index contributed by atoms with van der Waals surface area (Å²) >= 11 is 11.8. The highest BCUT2D eigenvalue weighted by Gasteiger charge is 2.14. The SMILES string of the molecule is CON(C)C(=O)c1cc(-c2ccc(Cl)c(Cl)c2)ncn1. The van der Waals surface area contributed by atoms with E-state index in [0.29, 0.717) is 15.7 Å². The Morgan fingerprint density at radius 1 is 1.20 bits per heavy atom. The van der Waals surface area contributed by atoms with Crippen molar-refractivity contribution in [1.29, 1.82) is 0 Å². The van der Waals surface area contributed by atoms with Gasteiger partial charge in [0.15, 0.2) is 0 Å². The van der Waals surface area contributed by atoms with Gasteiger partial charge in [-0.05, 0) is 18.2 Å². The minimum atomic E-state index is -0.365. The highest BCUT2D eigenvalue weighted by molar-refractivity contribution is 6.42. The summed E-state index contributed by atoms with van der Waals surface area (Å²) in [4.78, 5) is 24.8. The number of hydroxylamine groups is 2. The smallest absolute Gasteiger partial charge is 0.274 e. The highest BCUT2D eigenvalue weighted by Crippen LogP contribution is 2.27. The maximum Gasteiger partial charge on any atom is 0.295 e. The molecule has 5 nitrogen and oxygen atoms in total. The molecule has 104 valence electrons. The number of aromatic nitrogens is 2. The van der Waals surface area contributed by atoms with Gasteiger partial charge in [-0.25, -0.2) is 15.0 Å². The maximum absolute atomic E-state index is 11.9. The average molecular weight is 312 g/mol. The molecule has 0 fully saturated rings. The molecule has 0 aliphatic rings. The normalized spacial score (nSPS) is 10.4. The summed E-state index contributed by atoms with van der Waals surface area (Å²) < 4.78 is 0. The van der Waals surface area contributed by atoms with Crippen LogP contribution in [0, 0.1) is 0 Å². The second kappa shape index (κ2) is 6.17. The van der Waals surface area contributed by atoms with E-state index in [9.17, 15) is 4.79 Å². The number of amides is 1. The van der Waals surface area contributed by atoms with Gasteiger partial charge >= 0.3 is 0 Å². The molecule has 0 unspecified atom stereocenters. The van der Waals surface area contributed by atoms with Crippen molar-refractivity contribution in [3.05, 3.63) is 46.3 Å². The Morgan fingerprint density at radius 3 is 2.60 bits per heavy atom. The lowest BCUT2D eigenvalue weighted by molar-refractivity contribution is -0.0760. The van der Waals surface area contributed by atoms with Crippen LogP contribution >= 0.6 is 23.2 Å². The van der Waals surface area contributed by atoms with Crippen molar-refractivity contribution in [3.8, 4) is 11.3 Å². The Morgan fingerprint density at radius 2 is 1.95 bits per heavy atom. The Hall–Kier alpha value is -1.69. The van der Waals surface area contributed by atoms with E-state index in [4.69, 9.17) is 28.0 Å². The Balaban J connectivity index is 2.39. The zero-order valence-corrected chi connectivity index (χ0v) is 12.3. The van der Waals surface area contributed by atoms with Crippen LogP contribution in [0.15, 0.2) is 30.6 Å². The molecule has 20 heavy (non-hydrogen) atoms. The minimum Gasteiger partial charge on any atom is -0.274 e. The number of benzene rings is 1. The van der Waals surface area contributed by atoms with Gasteiger partial charge in [0.25, 0.3) is 5.91 Å². The largest absolute Gasteiger partial charge is 0.295 e. The molecule has 0 aliphatic heterocycles. The number of hydrogen-bond donors (Lipinski definition) is 0. The summed E-state index contributed by atoms with van der Waals surface area (Å²) in [5, 5.41) is 1.96. The van der Waals surface area contributed by atoms with E-state index in [0.717, 1.165) is 10.6 Å². The quantitative estimate of drug-likeness (QED) is 0.817. The molecule has 2 aromatic rings. The summed E-state index contributed by atoms with van der Waals surface area (Å²) in [6.45, 7) is 0. The summed E-state index contributed by atoms with van der Waals surface area (Å²) in [6, 6.07) is 6.69. The lowest BCUT2D eigenvalue weighted by Gasteiger charge is -2.13. The first kappa shape index (κ1) is 14.7. The van der Waals surface area contributed by atoms with E-state index in [1.165, 1.54) is 20.5 Å². The summed E-state index contributed by atoms with van der Waals surface area (Å²) in [5.41, 5.74) is 1.55. The number of hydrogen-bond acceptors (Lipinski definition) is 4. The molecule has 0 radical (unpaired) electrons. The molecular weight excluding hydrogens is 301 g/mol. The second-order valence-corrected chi connectivity index (χ2v) is 4.72. The molecule has 0 aliphatic carbocycles. The van der Waals surface area contributed by atoms with Crippen molar-refractivity contribution in [2.24, 2.45) is 0 Å². The molecule has 2 rings (SSSR count). The standard InChI is InChI=1S/C13H11Cl2N3O2/c1-18(20-2)13(19)12-6-11(16-7-17-12)8-3-4-9(14)10(15)5-8/h3-7H,1-2H3. The van der Waals surface area contributed by atoms with Gasteiger partial charge in [0.2, 0.25) is 0 Å². The van der Waals surface area contributed by atoms with E-state index in [1.807, 2.05) is 0 Å². The van der Waals surface area contributed by atoms with Crippen LogP contribution in [0.25, 0.3) is 11.3 Å². The molecule has 0 spiro atoms. The molecule has 0 saturated carbocycles. The second-order valence-electron chi connectivity index (χ2n) is 3.90. The number of rotatable bonds is 3. The van der Waals surface area contributed by atoms with E-state index in [-0.39, 0.29) is 11.6 Å². The van der Waals surface area contributed by atoms with Gasteiger partial charge < -0.3 is 0 Å². The molecule has 1 amide bonds. The Kier molecular flexibility index (Phi) is 4.54. The predicted molar refractivity (Wildman–Crippen MR) is 76.6 cm³/mol. The van der Waals surface area contributed by atoms with Crippen LogP contribution < -0.4 is 0 Å². The monoisotopic (exact) mass is 311 g/mol. The van der Waals surface area contributed by atoms with Gasteiger partial charge in [0, 0.05) is 12.6 Å². The first-order valence-electron chi connectivity index (χ1n) is 5.62. The average Bonchev–Trinajstić information content (AvgIpc) is 2.48. The third-order valence-corrected chi connectivity index (χ3v) is 3.40. The van der Waals surface area contributed by atoms with Crippen LogP contribution in [-0.2, 0) is 4.84 Å². The van der Waals surface area contributed by atoms with Gasteiger partial charge in [0.1, 0.15) is 12.0 Å². The summed E-state index contributed by atoms with van der Waals surface area (Å²) in [6.07, 6.45) is 1.31. The fraction of sp³-hybridized carbons (Fsp3) is 0.154. The molecule has 1 aromatic heterocycles. The van der Waals surface area contributed by atoms with Crippen LogP contribution in [0.3, 0.4) is 0 Å². The Labute approximate surface area is 126 Å². The van der Waals surface area contributed by atoms with Crippen LogP contribution in [0.1, 0.15) is 10.5 Å². The minimum absolute atomic E-state index is 0.227. The van der Waals surface area contributed by atoms with Crippen molar-refractivity contribution in [2.75, 3.05) is 14.2 Å². The molecule has 0 bridgehead atoms. The van der Waals surface area contributed by atoms with Crippen LogP contribution in [0.5, 0.6) is 0 Å². The molecule has 1 aromatic carbocycles. The van der Waals surface area contributed by atoms with E-state index < -0.39 is 0 Å². The molecular formula is C13H11Cl2N3O2. The van der Waals surface area contributed by atoms with E-state index in [1.54, 1.807) is 24.3 Å². The topological polar surface area (TPSA) is 55.3 Å². The predicted octanol–water partition coefficient (Wildman–Crippen LogP) is 3.08. The van der Waals surface area contributed by atoms with E-state index >= 15 is 0 Å². The van der Waals surface area contributed by atoms with Crippen molar-refractivity contribution in [2.45, 2.75) is 0 Å². The third kappa shape index (κ3) is 3.07. The lowest BCUT2D eigenvalue weighted by atomic mass is 10.1. The first-order chi connectivity index (χ1) is 9.52. The van der Waals surface area contributed by atoms with Crippen molar-refractivity contribution < 1.29 is 9.63 Å². The molecule has 0 saturated heterocycles. The number of nitrogens with zero attached hydrogens (tertiary/aromatic N) is 3. The maximum atomic E-state index is 11.9. The molecule has 0 atom stereocenters. The zero-order chi connectivity index (χ0) is 14.7. The molecule has 7 heteroatoms. The first-order valence-corrected chi connectivity index (χ1v) is 6.38. The number of carbonyl (C=O) groups excluding carboxylic acids is 1.